The summed E-state index contributed by atoms with van der Waals surface area (Å²) in [7, 11) is 1.72. The Hall–Kier alpha value is -1.03. The standard InChI is InChI=1S/C6H11N3O/c1-8-6(10)2-4-9(8)5-3-7/h2,4H,3,5,7H2,1H3. The Bertz CT molecular complexity index is 260. The molecule has 0 bridgehead atoms. The molecule has 0 aliphatic heterocycles. The molecule has 10 heavy (non-hydrogen) atoms. The van der Waals surface area contributed by atoms with E-state index in [0.29, 0.717) is 13.1 Å². The highest BCUT2D eigenvalue weighted by atomic mass is 16.1. The van der Waals surface area contributed by atoms with E-state index in [0.717, 1.165) is 0 Å². The Morgan fingerprint density at radius 3 is 2.80 bits per heavy atom. The van der Waals surface area contributed by atoms with Gasteiger partial charge in [0.15, 0.2) is 0 Å². The molecule has 0 aromatic carbocycles. The predicted molar refractivity (Wildman–Crippen MR) is 38.7 cm³/mol. The van der Waals surface area contributed by atoms with Crippen molar-refractivity contribution in [2.24, 2.45) is 12.8 Å². The maximum Gasteiger partial charge on any atom is 0.266 e. The van der Waals surface area contributed by atoms with Crippen molar-refractivity contribution in [1.82, 2.24) is 9.36 Å². The van der Waals surface area contributed by atoms with Crippen LogP contribution in [-0.2, 0) is 13.6 Å². The molecule has 4 heteroatoms. The summed E-state index contributed by atoms with van der Waals surface area (Å²) in [6.07, 6.45) is 1.73. The van der Waals surface area contributed by atoms with Crippen LogP contribution in [0.3, 0.4) is 0 Å². The third kappa shape index (κ3) is 1.11. The van der Waals surface area contributed by atoms with Gasteiger partial charge in [-0.1, -0.05) is 0 Å². The van der Waals surface area contributed by atoms with E-state index < -0.39 is 0 Å². The van der Waals surface area contributed by atoms with Crippen LogP contribution < -0.4 is 11.3 Å². The van der Waals surface area contributed by atoms with Gasteiger partial charge < -0.3 is 5.73 Å². The minimum atomic E-state index is 0.00782. The van der Waals surface area contributed by atoms with Gasteiger partial charge in [-0.3, -0.25) is 14.2 Å². The molecule has 56 valence electrons. The smallest absolute Gasteiger partial charge is 0.266 e. The zero-order valence-electron chi connectivity index (χ0n) is 5.95. The highest BCUT2D eigenvalue weighted by Crippen LogP contribution is 1.80. The van der Waals surface area contributed by atoms with E-state index in [1.54, 1.807) is 17.9 Å². The van der Waals surface area contributed by atoms with E-state index in [1.165, 1.54) is 10.7 Å². The molecule has 0 fully saturated rings. The summed E-state index contributed by atoms with van der Waals surface area (Å²) in [6, 6.07) is 1.52. The molecular weight excluding hydrogens is 130 g/mol. The van der Waals surface area contributed by atoms with Crippen molar-refractivity contribution < 1.29 is 0 Å². The van der Waals surface area contributed by atoms with E-state index >= 15 is 0 Å². The molecule has 0 saturated carbocycles. The third-order valence-corrected chi connectivity index (χ3v) is 1.45. The van der Waals surface area contributed by atoms with Gasteiger partial charge >= 0.3 is 0 Å². The maximum atomic E-state index is 10.8. The Morgan fingerprint density at radius 2 is 2.40 bits per heavy atom. The molecule has 0 unspecified atom stereocenters. The predicted octanol–water partition coefficient (Wildman–Crippen LogP) is -0.854. The minimum absolute atomic E-state index is 0.00782. The Balaban J connectivity index is 2.94. The number of aromatic nitrogens is 2. The average Bonchev–Trinajstić information content (AvgIpc) is 2.20. The second kappa shape index (κ2) is 2.70. The molecule has 1 aromatic heterocycles. The van der Waals surface area contributed by atoms with Crippen LogP contribution in [0.1, 0.15) is 0 Å². The lowest BCUT2D eigenvalue weighted by Crippen LogP contribution is -2.21. The van der Waals surface area contributed by atoms with Crippen LogP contribution in [0.15, 0.2) is 17.1 Å². The molecule has 0 radical (unpaired) electrons. The third-order valence-electron chi connectivity index (χ3n) is 1.45. The van der Waals surface area contributed by atoms with Gasteiger partial charge in [0.1, 0.15) is 0 Å². The molecule has 1 aromatic rings. The van der Waals surface area contributed by atoms with E-state index in [4.69, 9.17) is 5.73 Å². The van der Waals surface area contributed by atoms with Crippen LogP contribution in [-0.4, -0.2) is 15.9 Å². The van der Waals surface area contributed by atoms with Gasteiger partial charge in [0.2, 0.25) is 0 Å². The summed E-state index contributed by atoms with van der Waals surface area (Å²) in [5.74, 6) is 0. The number of hydrogen-bond acceptors (Lipinski definition) is 2. The van der Waals surface area contributed by atoms with E-state index in [1.807, 2.05) is 0 Å². The van der Waals surface area contributed by atoms with Crippen molar-refractivity contribution in [2.45, 2.75) is 6.54 Å². The second-order valence-electron chi connectivity index (χ2n) is 2.13. The fraction of sp³-hybridized carbons (Fsp3) is 0.500. The SMILES string of the molecule is Cn1c(=O)ccn1CCN. The lowest BCUT2D eigenvalue weighted by molar-refractivity contribution is 0.506. The van der Waals surface area contributed by atoms with Gasteiger partial charge in [0, 0.05) is 25.9 Å². The summed E-state index contributed by atoms with van der Waals surface area (Å²) < 4.78 is 3.31. The molecule has 0 spiro atoms. The van der Waals surface area contributed by atoms with Crippen LogP contribution >= 0.6 is 0 Å². The van der Waals surface area contributed by atoms with Gasteiger partial charge in [-0.25, -0.2) is 0 Å². The molecule has 0 amide bonds. The molecular formula is C6H11N3O. The van der Waals surface area contributed by atoms with Crippen molar-refractivity contribution in [1.29, 1.82) is 0 Å². The molecule has 0 atom stereocenters. The van der Waals surface area contributed by atoms with E-state index in [2.05, 4.69) is 0 Å². The van der Waals surface area contributed by atoms with Crippen LogP contribution in [0.4, 0.5) is 0 Å². The first-order chi connectivity index (χ1) is 4.75. The van der Waals surface area contributed by atoms with Crippen molar-refractivity contribution >= 4 is 0 Å². The first-order valence-corrected chi connectivity index (χ1v) is 3.18. The summed E-state index contributed by atoms with van der Waals surface area (Å²) in [6.45, 7) is 1.25. The van der Waals surface area contributed by atoms with Crippen LogP contribution in [0.2, 0.25) is 0 Å². The summed E-state index contributed by atoms with van der Waals surface area (Å²) in [4.78, 5) is 10.8. The largest absolute Gasteiger partial charge is 0.329 e. The zero-order valence-corrected chi connectivity index (χ0v) is 5.95. The van der Waals surface area contributed by atoms with Gasteiger partial charge in [-0.2, -0.15) is 0 Å². The molecule has 4 nitrogen and oxygen atoms in total. The minimum Gasteiger partial charge on any atom is -0.329 e. The Kier molecular flexibility index (Phi) is 1.91. The lowest BCUT2D eigenvalue weighted by atomic mass is 10.6. The number of hydrogen-bond donors (Lipinski definition) is 1. The highest BCUT2D eigenvalue weighted by molar-refractivity contribution is 4.82. The van der Waals surface area contributed by atoms with Crippen LogP contribution in [0.25, 0.3) is 0 Å². The van der Waals surface area contributed by atoms with Gasteiger partial charge in [-0.05, 0) is 0 Å². The van der Waals surface area contributed by atoms with E-state index in [9.17, 15) is 4.79 Å². The molecule has 2 N–H and O–H groups in total. The molecule has 0 saturated heterocycles. The molecule has 0 aliphatic rings. The zero-order chi connectivity index (χ0) is 7.56. The molecule has 0 aliphatic carbocycles. The summed E-state index contributed by atoms with van der Waals surface area (Å²) in [5.41, 5.74) is 5.31. The van der Waals surface area contributed by atoms with Gasteiger partial charge in [0.05, 0.1) is 6.54 Å². The monoisotopic (exact) mass is 141 g/mol. The Morgan fingerprint density at radius 1 is 1.70 bits per heavy atom. The number of nitrogens with zero attached hydrogens (tertiary/aromatic N) is 2. The lowest BCUT2D eigenvalue weighted by Gasteiger charge is -2.03. The van der Waals surface area contributed by atoms with Crippen LogP contribution in [0, 0.1) is 0 Å². The van der Waals surface area contributed by atoms with Crippen molar-refractivity contribution in [2.75, 3.05) is 6.54 Å². The summed E-state index contributed by atoms with van der Waals surface area (Å²) >= 11 is 0. The Labute approximate surface area is 58.8 Å². The fourth-order valence-corrected chi connectivity index (χ4v) is 0.841. The number of nitrogens with two attached hydrogens (primary N) is 1. The van der Waals surface area contributed by atoms with E-state index in [-0.39, 0.29) is 5.56 Å². The normalized spacial score (nSPS) is 10.2. The highest BCUT2D eigenvalue weighted by Gasteiger charge is 1.94. The number of rotatable bonds is 2. The topological polar surface area (TPSA) is 53.0 Å². The van der Waals surface area contributed by atoms with Gasteiger partial charge in [-0.15, -0.1) is 0 Å². The van der Waals surface area contributed by atoms with Crippen molar-refractivity contribution in [3.8, 4) is 0 Å². The second-order valence-corrected chi connectivity index (χ2v) is 2.13. The maximum absolute atomic E-state index is 10.8. The molecule has 1 rings (SSSR count). The first-order valence-electron chi connectivity index (χ1n) is 3.18. The quantitative estimate of drug-likeness (QED) is 0.583. The van der Waals surface area contributed by atoms with Crippen LogP contribution in [0.5, 0.6) is 0 Å². The fourth-order valence-electron chi connectivity index (χ4n) is 0.841. The molecule has 1 heterocycles. The first kappa shape index (κ1) is 7.08. The summed E-state index contributed by atoms with van der Waals surface area (Å²) in [5, 5.41) is 0. The van der Waals surface area contributed by atoms with Crippen molar-refractivity contribution in [3.05, 3.63) is 22.6 Å². The average molecular weight is 141 g/mol. The van der Waals surface area contributed by atoms with Crippen molar-refractivity contribution in [3.63, 3.8) is 0 Å². The van der Waals surface area contributed by atoms with Gasteiger partial charge in [0.25, 0.3) is 5.56 Å².